The van der Waals surface area contributed by atoms with E-state index >= 15 is 0 Å². The average molecular weight is 284 g/mol. The highest BCUT2D eigenvalue weighted by Crippen LogP contribution is 2.35. The first kappa shape index (κ1) is 13.9. The van der Waals surface area contributed by atoms with Crippen molar-refractivity contribution in [2.24, 2.45) is 0 Å². The Hall–Kier alpha value is -0.550. The molecule has 1 aromatic heterocycles. The van der Waals surface area contributed by atoms with Gasteiger partial charge in [0.15, 0.2) is 11.4 Å². The Morgan fingerprint density at radius 2 is 2.17 bits per heavy atom. The van der Waals surface area contributed by atoms with Crippen LogP contribution in [0, 0.1) is 0 Å². The predicted molar refractivity (Wildman–Crippen MR) is 80.3 cm³/mol. The molecule has 1 fully saturated rings. The van der Waals surface area contributed by atoms with Crippen molar-refractivity contribution >= 4 is 34.5 Å². The van der Waals surface area contributed by atoms with Gasteiger partial charge >= 0.3 is 0 Å². The van der Waals surface area contributed by atoms with Crippen LogP contribution in [0.15, 0.2) is 0 Å². The fourth-order valence-electron chi connectivity index (χ4n) is 2.14. The predicted octanol–water partition coefficient (Wildman–Crippen LogP) is 3.41. The Kier molecular flexibility index (Phi) is 4.02. The van der Waals surface area contributed by atoms with E-state index < -0.39 is 0 Å². The molecule has 1 aliphatic heterocycles. The largest absolute Gasteiger partial charge is 0.346 e. The van der Waals surface area contributed by atoms with Crippen molar-refractivity contribution < 1.29 is 4.79 Å². The molecule has 0 N–H and O–H groups in total. The van der Waals surface area contributed by atoms with Gasteiger partial charge in [0.25, 0.3) is 0 Å². The van der Waals surface area contributed by atoms with E-state index in [-0.39, 0.29) is 4.75 Å². The van der Waals surface area contributed by atoms with E-state index in [9.17, 15) is 4.79 Å². The first-order valence-electron chi connectivity index (χ1n) is 6.28. The van der Waals surface area contributed by atoms with Crippen LogP contribution >= 0.6 is 23.1 Å². The minimum atomic E-state index is 0.267. The molecule has 0 amide bonds. The van der Waals surface area contributed by atoms with Crippen molar-refractivity contribution in [2.75, 3.05) is 23.7 Å². The molecule has 2 rings (SSSR count). The SMILES string of the molecule is CC(C)c1nc(N2CCSC(C)(C)C2)sc1C=O. The van der Waals surface area contributed by atoms with Crippen LogP contribution in [-0.4, -0.2) is 34.9 Å². The summed E-state index contributed by atoms with van der Waals surface area (Å²) in [4.78, 5) is 18.9. The van der Waals surface area contributed by atoms with Gasteiger partial charge in [-0.2, -0.15) is 11.8 Å². The van der Waals surface area contributed by atoms with Crippen LogP contribution in [0.2, 0.25) is 0 Å². The van der Waals surface area contributed by atoms with E-state index in [1.807, 2.05) is 11.8 Å². The fraction of sp³-hybridized carbons (Fsp3) is 0.692. The molecule has 1 aliphatic rings. The fourth-order valence-corrected chi connectivity index (χ4v) is 4.32. The minimum absolute atomic E-state index is 0.267. The van der Waals surface area contributed by atoms with Gasteiger partial charge in [0.1, 0.15) is 0 Å². The summed E-state index contributed by atoms with van der Waals surface area (Å²) >= 11 is 3.54. The summed E-state index contributed by atoms with van der Waals surface area (Å²) in [5.74, 6) is 1.43. The second-order valence-electron chi connectivity index (χ2n) is 5.55. The molecule has 0 aliphatic carbocycles. The number of rotatable bonds is 3. The Labute approximate surface area is 117 Å². The highest BCUT2D eigenvalue weighted by Gasteiger charge is 2.29. The zero-order valence-corrected chi connectivity index (χ0v) is 13.0. The Balaban J connectivity index is 2.25. The summed E-state index contributed by atoms with van der Waals surface area (Å²) in [5.41, 5.74) is 0.945. The van der Waals surface area contributed by atoms with E-state index in [1.54, 1.807) is 0 Å². The maximum absolute atomic E-state index is 11.1. The topological polar surface area (TPSA) is 33.2 Å². The van der Waals surface area contributed by atoms with Gasteiger partial charge in [-0.05, 0) is 19.8 Å². The van der Waals surface area contributed by atoms with Crippen LogP contribution < -0.4 is 4.90 Å². The first-order chi connectivity index (χ1) is 8.43. The van der Waals surface area contributed by atoms with Gasteiger partial charge in [0.2, 0.25) is 0 Å². The van der Waals surface area contributed by atoms with Gasteiger partial charge in [-0.1, -0.05) is 25.2 Å². The molecule has 1 aromatic rings. The number of carbonyl (C=O) groups excluding carboxylic acids is 1. The summed E-state index contributed by atoms with van der Waals surface area (Å²) in [6.45, 7) is 10.7. The number of thiazole rings is 1. The molecule has 0 radical (unpaired) electrons. The molecule has 18 heavy (non-hydrogen) atoms. The molecular formula is C13H20N2OS2. The Morgan fingerprint density at radius 3 is 2.67 bits per heavy atom. The molecule has 100 valence electrons. The second kappa shape index (κ2) is 5.21. The van der Waals surface area contributed by atoms with Gasteiger partial charge < -0.3 is 4.90 Å². The summed E-state index contributed by atoms with van der Waals surface area (Å²) < 4.78 is 0.267. The number of aromatic nitrogens is 1. The molecular weight excluding hydrogens is 264 g/mol. The molecule has 0 atom stereocenters. The van der Waals surface area contributed by atoms with Crippen molar-refractivity contribution in [3.63, 3.8) is 0 Å². The lowest BCUT2D eigenvalue weighted by Crippen LogP contribution is -2.43. The third-order valence-corrected chi connectivity index (χ3v) is 5.37. The highest BCUT2D eigenvalue weighted by atomic mass is 32.2. The maximum atomic E-state index is 11.1. The first-order valence-corrected chi connectivity index (χ1v) is 8.08. The molecule has 1 saturated heterocycles. The summed E-state index contributed by atoms with van der Waals surface area (Å²) in [6, 6.07) is 0. The number of thioether (sulfide) groups is 1. The number of hydrogen-bond donors (Lipinski definition) is 0. The zero-order valence-electron chi connectivity index (χ0n) is 11.4. The van der Waals surface area contributed by atoms with E-state index in [0.29, 0.717) is 5.92 Å². The van der Waals surface area contributed by atoms with E-state index in [2.05, 4.69) is 37.6 Å². The Morgan fingerprint density at radius 1 is 1.44 bits per heavy atom. The van der Waals surface area contributed by atoms with Crippen LogP contribution in [0.5, 0.6) is 0 Å². The van der Waals surface area contributed by atoms with Gasteiger partial charge in [0.05, 0.1) is 10.6 Å². The molecule has 0 saturated carbocycles. The quantitative estimate of drug-likeness (QED) is 0.796. The third-order valence-electron chi connectivity index (χ3n) is 3.02. The number of carbonyl (C=O) groups is 1. The molecule has 0 aromatic carbocycles. The van der Waals surface area contributed by atoms with Crippen LogP contribution in [-0.2, 0) is 0 Å². The average Bonchev–Trinajstić information content (AvgIpc) is 2.71. The number of anilines is 1. The van der Waals surface area contributed by atoms with E-state index in [1.165, 1.54) is 11.3 Å². The molecule has 5 heteroatoms. The smallest absolute Gasteiger partial charge is 0.186 e. The highest BCUT2D eigenvalue weighted by molar-refractivity contribution is 8.00. The molecule has 0 spiro atoms. The van der Waals surface area contributed by atoms with Gasteiger partial charge in [-0.15, -0.1) is 0 Å². The van der Waals surface area contributed by atoms with Crippen LogP contribution in [0.1, 0.15) is 49.0 Å². The lowest BCUT2D eigenvalue weighted by atomic mass is 10.1. The molecule has 3 nitrogen and oxygen atoms in total. The van der Waals surface area contributed by atoms with E-state index in [0.717, 1.165) is 40.8 Å². The lowest BCUT2D eigenvalue weighted by molar-refractivity contribution is 0.112. The molecule has 0 bridgehead atoms. The zero-order chi connectivity index (χ0) is 13.3. The summed E-state index contributed by atoms with van der Waals surface area (Å²) in [7, 11) is 0. The van der Waals surface area contributed by atoms with Crippen molar-refractivity contribution in [1.82, 2.24) is 4.98 Å². The maximum Gasteiger partial charge on any atom is 0.186 e. The third kappa shape index (κ3) is 2.88. The van der Waals surface area contributed by atoms with Gasteiger partial charge in [-0.25, -0.2) is 4.98 Å². The van der Waals surface area contributed by atoms with E-state index in [4.69, 9.17) is 0 Å². The lowest BCUT2D eigenvalue weighted by Gasteiger charge is -2.37. The van der Waals surface area contributed by atoms with Crippen molar-refractivity contribution in [3.05, 3.63) is 10.6 Å². The number of aldehydes is 1. The number of nitrogens with zero attached hydrogens (tertiary/aromatic N) is 2. The number of hydrogen-bond acceptors (Lipinski definition) is 5. The van der Waals surface area contributed by atoms with Crippen LogP contribution in [0.3, 0.4) is 0 Å². The van der Waals surface area contributed by atoms with Gasteiger partial charge in [0, 0.05) is 23.6 Å². The van der Waals surface area contributed by atoms with Crippen molar-refractivity contribution in [3.8, 4) is 0 Å². The van der Waals surface area contributed by atoms with Crippen molar-refractivity contribution in [2.45, 2.75) is 38.4 Å². The summed E-state index contributed by atoms with van der Waals surface area (Å²) in [5, 5.41) is 1.01. The van der Waals surface area contributed by atoms with Crippen LogP contribution in [0.25, 0.3) is 0 Å². The minimum Gasteiger partial charge on any atom is -0.346 e. The van der Waals surface area contributed by atoms with Crippen molar-refractivity contribution in [1.29, 1.82) is 0 Å². The second-order valence-corrected chi connectivity index (χ2v) is 8.36. The van der Waals surface area contributed by atoms with Crippen LogP contribution in [0.4, 0.5) is 5.13 Å². The normalized spacial score (nSPS) is 19.3. The van der Waals surface area contributed by atoms with Gasteiger partial charge in [-0.3, -0.25) is 4.79 Å². The molecule has 0 unspecified atom stereocenters. The molecule has 2 heterocycles. The Bertz CT molecular complexity index is 440. The summed E-state index contributed by atoms with van der Waals surface area (Å²) in [6.07, 6.45) is 0.945. The standard InChI is InChI=1S/C13H20N2OS2/c1-9(2)11-10(7-16)18-12(14-11)15-5-6-17-13(3,4)8-15/h7,9H,5-6,8H2,1-4H3. The monoisotopic (exact) mass is 284 g/mol.